The van der Waals surface area contributed by atoms with Crippen LogP contribution in [0.5, 0.6) is 0 Å². The maximum absolute atomic E-state index is 14.1. The number of nitrogens with zero attached hydrogens (tertiary/aromatic N) is 1. The normalized spacial score (nSPS) is 20.5. The topological polar surface area (TPSA) is 50.9 Å². The summed E-state index contributed by atoms with van der Waals surface area (Å²) in [5.74, 6) is 0.269. The lowest BCUT2D eigenvalue weighted by molar-refractivity contribution is 0.571. The number of pyridine rings is 1. The van der Waals surface area contributed by atoms with Crippen molar-refractivity contribution in [3.63, 3.8) is 0 Å². The summed E-state index contributed by atoms with van der Waals surface area (Å²) in [5, 5.41) is 4.00. The second-order valence-corrected chi connectivity index (χ2v) is 5.99. The fourth-order valence-corrected chi connectivity index (χ4v) is 2.56. The molecule has 0 amide bonds. The van der Waals surface area contributed by atoms with Crippen LogP contribution < -0.4 is 11.1 Å². The van der Waals surface area contributed by atoms with Crippen LogP contribution >= 0.6 is 0 Å². The van der Waals surface area contributed by atoms with Crippen molar-refractivity contribution in [1.82, 2.24) is 4.98 Å². The number of rotatable bonds is 3. The number of anilines is 2. The third-order valence-corrected chi connectivity index (χ3v) is 4.12. The van der Waals surface area contributed by atoms with Gasteiger partial charge in [-0.1, -0.05) is 13.8 Å². The molecule has 1 aliphatic rings. The molecule has 0 spiro atoms. The third kappa shape index (κ3) is 2.11. The molecule has 1 unspecified atom stereocenters. The highest BCUT2D eigenvalue weighted by atomic mass is 19.1. The third-order valence-electron chi connectivity index (χ3n) is 4.12. The molecule has 3 N–H and O–H groups in total. The van der Waals surface area contributed by atoms with E-state index in [0.717, 1.165) is 11.9 Å². The lowest BCUT2D eigenvalue weighted by Crippen LogP contribution is -2.09. The van der Waals surface area contributed by atoms with E-state index < -0.39 is 0 Å². The van der Waals surface area contributed by atoms with Gasteiger partial charge in [0.15, 0.2) is 5.82 Å². The molecule has 1 atom stereocenters. The molecule has 1 heterocycles. The van der Waals surface area contributed by atoms with Gasteiger partial charge in [-0.3, -0.25) is 4.98 Å². The molecule has 3 nitrogen and oxygen atoms in total. The summed E-state index contributed by atoms with van der Waals surface area (Å²) in [6, 6.07) is 5.04. The highest BCUT2D eigenvalue weighted by Crippen LogP contribution is 2.51. The lowest BCUT2D eigenvalue weighted by atomic mass is 10.1. The highest BCUT2D eigenvalue weighted by molar-refractivity contribution is 5.98. The molecule has 1 saturated carbocycles. The second kappa shape index (κ2) is 4.08. The Hall–Kier alpha value is -1.84. The number of nitrogens with two attached hydrogens (primary N) is 1. The van der Waals surface area contributed by atoms with Crippen LogP contribution in [0, 0.1) is 17.2 Å². The molecule has 2 aromatic rings. The van der Waals surface area contributed by atoms with Crippen molar-refractivity contribution in [2.24, 2.45) is 11.3 Å². The molecule has 1 aromatic carbocycles. The van der Waals surface area contributed by atoms with Gasteiger partial charge in [0.2, 0.25) is 0 Å². The van der Waals surface area contributed by atoms with Gasteiger partial charge in [0.05, 0.1) is 11.2 Å². The molecule has 1 aliphatic carbocycles. The van der Waals surface area contributed by atoms with Crippen molar-refractivity contribution in [1.29, 1.82) is 0 Å². The molecule has 0 bridgehead atoms. The quantitative estimate of drug-likeness (QED) is 0.830. The number of fused-ring (bicyclic) bond motifs is 1. The Balaban J connectivity index is 1.94. The Kier molecular flexibility index (Phi) is 2.62. The van der Waals surface area contributed by atoms with Gasteiger partial charge in [-0.05, 0) is 36.0 Å². The van der Waals surface area contributed by atoms with Gasteiger partial charge in [0.25, 0.3) is 0 Å². The maximum Gasteiger partial charge on any atom is 0.150 e. The minimum Gasteiger partial charge on any atom is -0.398 e. The molecular weight excluding hydrogens is 241 g/mol. The van der Waals surface area contributed by atoms with Gasteiger partial charge in [0, 0.05) is 23.8 Å². The predicted octanol–water partition coefficient (Wildman–Crippen LogP) is 3.41. The van der Waals surface area contributed by atoms with Gasteiger partial charge < -0.3 is 11.1 Å². The SMILES string of the molecule is CC1(C)CC1CNc1c(F)cc(N)c2cccnc12. The van der Waals surface area contributed by atoms with Gasteiger partial charge in [-0.25, -0.2) is 4.39 Å². The van der Waals surface area contributed by atoms with Crippen LogP contribution in [-0.4, -0.2) is 11.5 Å². The first kappa shape index (κ1) is 12.2. The molecule has 1 aromatic heterocycles. The van der Waals surface area contributed by atoms with Crippen LogP contribution in [0.15, 0.2) is 24.4 Å². The van der Waals surface area contributed by atoms with E-state index in [1.807, 2.05) is 12.1 Å². The van der Waals surface area contributed by atoms with Crippen LogP contribution in [0.25, 0.3) is 10.9 Å². The van der Waals surface area contributed by atoms with E-state index in [1.165, 1.54) is 12.5 Å². The van der Waals surface area contributed by atoms with Crippen LogP contribution in [0.4, 0.5) is 15.8 Å². The molecule has 3 rings (SSSR count). The second-order valence-electron chi connectivity index (χ2n) is 5.99. The van der Waals surface area contributed by atoms with Gasteiger partial charge in [0.1, 0.15) is 0 Å². The fourth-order valence-electron chi connectivity index (χ4n) is 2.56. The molecule has 19 heavy (non-hydrogen) atoms. The van der Waals surface area contributed by atoms with E-state index in [0.29, 0.717) is 28.2 Å². The summed E-state index contributed by atoms with van der Waals surface area (Å²) < 4.78 is 14.1. The lowest BCUT2D eigenvalue weighted by Gasteiger charge is -2.12. The van der Waals surface area contributed by atoms with Gasteiger partial charge in [-0.15, -0.1) is 0 Å². The minimum absolute atomic E-state index is 0.331. The molecule has 100 valence electrons. The standard InChI is InChI=1S/C15H18FN3/c1-15(2)7-9(15)8-19-14-11(16)6-12(17)10-4-3-5-18-13(10)14/h3-6,9,19H,7-8,17H2,1-2H3. The number of nitrogen functional groups attached to an aromatic ring is 1. The summed E-state index contributed by atoms with van der Waals surface area (Å²) in [6.45, 7) is 5.24. The van der Waals surface area contributed by atoms with E-state index in [1.54, 1.807) is 6.20 Å². The Morgan fingerprint density at radius 1 is 1.53 bits per heavy atom. The minimum atomic E-state index is -0.331. The van der Waals surface area contributed by atoms with Gasteiger partial charge >= 0.3 is 0 Å². The molecule has 0 radical (unpaired) electrons. The largest absolute Gasteiger partial charge is 0.398 e. The average molecular weight is 259 g/mol. The van der Waals surface area contributed by atoms with Crippen molar-refractivity contribution >= 4 is 22.3 Å². The van der Waals surface area contributed by atoms with E-state index in [-0.39, 0.29) is 5.82 Å². The van der Waals surface area contributed by atoms with Crippen molar-refractivity contribution in [3.05, 3.63) is 30.2 Å². The summed E-state index contributed by atoms with van der Waals surface area (Å²) in [5.41, 5.74) is 7.71. The molecular formula is C15H18FN3. The van der Waals surface area contributed by atoms with E-state index >= 15 is 0 Å². The van der Waals surface area contributed by atoms with Crippen LogP contribution in [0.3, 0.4) is 0 Å². The molecule has 4 heteroatoms. The summed E-state index contributed by atoms with van der Waals surface area (Å²) in [4.78, 5) is 4.26. The number of aromatic nitrogens is 1. The van der Waals surface area contributed by atoms with E-state index in [4.69, 9.17) is 5.73 Å². The fraction of sp³-hybridized carbons (Fsp3) is 0.400. The smallest absolute Gasteiger partial charge is 0.150 e. The first-order valence-electron chi connectivity index (χ1n) is 6.55. The predicted molar refractivity (Wildman–Crippen MR) is 76.5 cm³/mol. The number of hydrogen-bond acceptors (Lipinski definition) is 3. The van der Waals surface area contributed by atoms with E-state index in [2.05, 4.69) is 24.1 Å². The zero-order valence-electron chi connectivity index (χ0n) is 11.2. The highest BCUT2D eigenvalue weighted by Gasteiger charge is 2.45. The van der Waals surface area contributed by atoms with Crippen molar-refractivity contribution in [3.8, 4) is 0 Å². The zero-order valence-corrected chi connectivity index (χ0v) is 11.2. The maximum atomic E-state index is 14.1. The number of hydrogen-bond donors (Lipinski definition) is 2. The molecule has 0 aliphatic heterocycles. The monoisotopic (exact) mass is 259 g/mol. The number of benzene rings is 1. The van der Waals surface area contributed by atoms with Crippen molar-refractivity contribution < 1.29 is 4.39 Å². The summed E-state index contributed by atoms with van der Waals surface area (Å²) >= 11 is 0. The Morgan fingerprint density at radius 2 is 2.26 bits per heavy atom. The summed E-state index contributed by atoms with van der Waals surface area (Å²) in [6.07, 6.45) is 2.84. The average Bonchev–Trinajstić information content (AvgIpc) is 2.97. The first-order chi connectivity index (χ1) is 8.99. The number of nitrogens with one attached hydrogen (secondary N) is 1. The van der Waals surface area contributed by atoms with Crippen LogP contribution in [0.1, 0.15) is 20.3 Å². The summed E-state index contributed by atoms with van der Waals surface area (Å²) in [7, 11) is 0. The van der Waals surface area contributed by atoms with Crippen LogP contribution in [-0.2, 0) is 0 Å². The zero-order chi connectivity index (χ0) is 13.6. The Morgan fingerprint density at radius 3 is 2.95 bits per heavy atom. The van der Waals surface area contributed by atoms with Crippen molar-refractivity contribution in [2.45, 2.75) is 20.3 Å². The van der Waals surface area contributed by atoms with Crippen molar-refractivity contribution in [2.75, 3.05) is 17.6 Å². The molecule has 0 saturated heterocycles. The Bertz CT molecular complexity index is 637. The Labute approximate surface area is 112 Å². The van der Waals surface area contributed by atoms with E-state index in [9.17, 15) is 4.39 Å². The van der Waals surface area contributed by atoms with Crippen LogP contribution in [0.2, 0.25) is 0 Å². The van der Waals surface area contributed by atoms with Gasteiger partial charge in [-0.2, -0.15) is 0 Å². The molecule has 1 fully saturated rings. The first-order valence-corrected chi connectivity index (χ1v) is 6.55. The number of halogens is 1.